The van der Waals surface area contributed by atoms with Gasteiger partial charge in [-0.15, -0.1) is 0 Å². The van der Waals surface area contributed by atoms with E-state index < -0.39 is 23.3 Å². The highest BCUT2D eigenvalue weighted by Gasteiger charge is 2.33. The molecule has 0 aliphatic heterocycles. The molecule has 0 radical (unpaired) electrons. The number of aromatic hydroxyl groups is 6. The summed E-state index contributed by atoms with van der Waals surface area (Å²) in [6.07, 6.45) is -0.739. The number of phenolic OH excluding ortho intramolecular Hbond substituents is 6. The third-order valence-electron chi connectivity index (χ3n) is 25.6. The molecule has 12 nitrogen and oxygen atoms in total. The van der Waals surface area contributed by atoms with Crippen molar-refractivity contribution in [3.05, 3.63) is 322 Å². The smallest absolute Gasteiger partial charge is 0.507 e. The quantitative estimate of drug-likeness (QED) is 0.0305. The molecule has 12 heteroatoms. The van der Waals surface area contributed by atoms with Crippen LogP contribution in [0.4, 0.5) is 4.79 Å². The predicted octanol–water partition coefficient (Wildman–Crippen LogP) is 26.1. The third kappa shape index (κ3) is 17.3. The normalized spacial score (nSPS) is 12.3. The van der Waals surface area contributed by atoms with Crippen molar-refractivity contribution in [3.63, 3.8) is 0 Å². The molecule has 0 amide bonds. The summed E-state index contributed by atoms with van der Waals surface area (Å²) in [4.78, 5) is 25.6. The second-order valence-electron chi connectivity index (χ2n) is 35.9. The lowest BCUT2D eigenvalue weighted by molar-refractivity contribution is -0.157. The van der Waals surface area contributed by atoms with Gasteiger partial charge >= 0.3 is 12.1 Å². The second kappa shape index (κ2) is 33.7. The number of hydrogen-bond acceptors (Lipinski definition) is 12. The highest BCUT2D eigenvalue weighted by atomic mass is 16.7. The van der Waals surface area contributed by atoms with Gasteiger partial charge in [-0.25, -0.2) is 9.59 Å². The van der Waals surface area contributed by atoms with Crippen LogP contribution in [0.2, 0.25) is 0 Å². The molecule has 6 N–H and O–H groups in total. The Kier molecular flexibility index (Phi) is 25.0. The van der Waals surface area contributed by atoms with Crippen LogP contribution in [0.15, 0.2) is 121 Å². The maximum Gasteiger partial charge on any atom is 0.514 e. The number of fused-ring (bicyclic) bond motifs is 2. The minimum Gasteiger partial charge on any atom is -0.507 e. The van der Waals surface area contributed by atoms with Crippen molar-refractivity contribution in [2.75, 3.05) is 6.61 Å². The number of phenols is 6. The van der Waals surface area contributed by atoms with Gasteiger partial charge in [0.15, 0.2) is 6.61 Å². The summed E-state index contributed by atoms with van der Waals surface area (Å²) in [7, 11) is 0. The molecule has 12 aromatic carbocycles. The molecule has 0 fully saturated rings. The van der Waals surface area contributed by atoms with Crippen LogP contribution in [0, 0.1) is 166 Å². The first kappa shape index (κ1) is 88.3. The molecule has 0 bridgehead atoms. The lowest BCUT2D eigenvalue weighted by atomic mass is 9.76. The number of ether oxygens (including phenoxy) is 4. The zero-order chi connectivity index (χ0) is 87.9. The van der Waals surface area contributed by atoms with E-state index in [1.165, 1.54) is 0 Å². The van der Waals surface area contributed by atoms with Crippen LogP contribution in [0.3, 0.4) is 0 Å². The summed E-state index contributed by atoms with van der Waals surface area (Å²) >= 11 is 0. The van der Waals surface area contributed by atoms with Crippen molar-refractivity contribution in [1.29, 1.82) is 0 Å². The van der Waals surface area contributed by atoms with Gasteiger partial charge in [0.05, 0.1) is 0 Å². The molecule has 0 saturated carbocycles. The average Bonchev–Trinajstić information content (AvgIpc) is 0.746. The minimum absolute atomic E-state index is 0.171. The van der Waals surface area contributed by atoms with Gasteiger partial charge in [-0.2, -0.15) is 0 Å². The lowest BCUT2D eigenvalue weighted by Crippen LogP contribution is -2.27. The van der Waals surface area contributed by atoms with Gasteiger partial charge in [0.25, 0.3) is 0 Å². The first-order chi connectivity index (χ1) is 55.5. The largest absolute Gasteiger partial charge is 0.514 e. The highest BCUT2D eigenvalue weighted by molar-refractivity contribution is 5.87. The van der Waals surface area contributed by atoms with E-state index in [2.05, 4.69) is 177 Å². The molecule has 12 aromatic rings. The maximum atomic E-state index is 12.9. The van der Waals surface area contributed by atoms with Crippen LogP contribution in [-0.2, 0) is 14.3 Å². The van der Waals surface area contributed by atoms with E-state index in [-0.39, 0.29) is 30.3 Å². The number of rotatable bonds is 16. The van der Waals surface area contributed by atoms with Crippen LogP contribution in [-0.4, -0.2) is 60.6 Å². The standard InChI is InChI=1S/C54H62O6.C53H60O6/c1-27-20-43(31(5)35(9)50(27)56)48(44-21-28(2)51(57)36(10)32(44)6)40-18-16-39-17-19-41(25-42(39)24-40)49(45-22-29(3)52(58)37(11)33(45)7)46-23-30(4)53(38(12)34(46)8)59-26-47(55)60-54(13,14)15;1-26-20-42(30(5)34(9)48(26)54)46(43-21-27(2)49(55)35(10)31(43)6)39-18-16-38-17-19-40(25-41(38)24-39)47(44-22-28(3)50(56)36(11)32(44)7)45-23-29(4)51(37(12)33(45)8)58-52(57)59-53(13,14)15/h16-25,48-49,56-58H,26H2,1-15H3;16-25,46-47,54-56H,1-15H3. The van der Waals surface area contributed by atoms with Crippen molar-refractivity contribution < 1.29 is 59.2 Å². The Labute approximate surface area is 705 Å². The Morgan fingerprint density at radius 3 is 0.706 bits per heavy atom. The maximum absolute atomic E-state index is 12.9. The summed E-state index contributed by atoms with van der Waals surface area (Å²) in [5.74, 6) is 1.86. The van der Waals surface area contributed by atoms with Gasteiger partial charge in [-0.1, -0.05) is 121 Å². The van der Waals surface area contributed by atoms with E-state index in [1.54, 1.807) is 0 Å². The molecular formula is C107H122O12. The topological polar surface area (TPSA) is 192 Å². The van der Waals surface area contributed by atoms with Crippen molar-refractivity contribution in [2.45, 2.75) is 243 Å². The van der Waals surface area contributed by atoms with E-state index in [0.29, 0.717) is 46.0 Å². The summed E-state index contributed by atoms with van der Waals surface area (Å²) in [6.45, 7) is 59.0. The SMILES string of the molecule is Cc1cc(C(c2ccc3ccc(C(c4cc(C)c(O)c(C)c4C)c4cc(C)c(OC(=O)OC(C)(C)C)c(C)c4C)cc3c2)c2cc(C)c(O)c(C)c2C)c(C)c(C)c1O.Cc1cc(C(c2ccc3ccc(C(c4cc(C)c(O)c(C)c4C)c4cc(C)c(OCC(=O)OC(C)(C)C)c(C)c4C)cc3c2)c2cc(C)c(O)c(C)c2C)c(C)c(C)c1O. The van der Waals surface area contributed by atoms with E-state index in [4.69, 9.17) is 18.9 Å². The average molecular weight is 1600 g/mol. The van der Waals surface area contributed by atoms with Crippen LogP contribution in [0.5, 0.6) is 46.0 Å². The highest BCUT2D eigenvalue weighted by Crippen LogP contribution is 2.50. The van der Waals surface area contributed by atoms with Crippen molar-refractivity contribution in [3.8, 4) is 46.0 Å². The van der Waals surface area contributed by atoms with Gasteiger partial charge < -0.3 is 49.6 Å². The number of esters is 1. The molecule has 0 aromatic heterocycles. The number of hydrogen-bond donors (Lipinski definition) is 6. The Balaban J connectivity index is 0.000000233. The number of benzene rings is 12. The molecular weight excluding hydrogens is 1480 g/mol. The molecule has 0 heterocycles. The van der Waals surface area contributed by atoms with E-state index >= 15 is 0 Å². The Hall–Kier alpha value is -11.5. The van der Waals surface area contributed by atoms with Crippen molar-refractivity contribution in [1.82, 2.24) is 0 Å². The number of aryl methyl sites for hydroxylation is 8. The Morgan fingerprint density at radius 1 is 0.261 bits per heavy atom. The first-order valence-electron chi connectivity index (χ1n) is 41.4. The Bertz CT molecular complexity index is 5980. The van der Waals surface area contributed by atoms with Crippen LogP contribution >= 0.6 is 0 Å². The summed E-state index contributed by atoms with van der Waals surface area (Å²) in [5, 5.41) is 70.3. The zero-order valence-corrected chi connectivity index (χ0v) is 75.7. The molecule has 12 rings (SSSR count). The fourth-order valence-electron chi connectivity index (χ4n) is 17.8. The second-order valence-corrected chi connectivity index (χ2v) is 35.9. The molecule has 0 spiro atoms. The first-order valence-corrected chi connectivity index (χ1v) is 41.4. The molecule has 2 atom stereocenters. The monoisotopic (exact) mass is 1600 g/mol. The van der Waals surface area contributed by atoms with Gasteiger partial charge in [0.1, 0.15) is 57.2 Å². The molecule has 2 unspecified atom stereocenters. The van der Waals surface area contributed by atoms with Gasteiger partial charge in [-0.3, -0.25) is 0 Å². The molecule has 0 aliphatic rings. The molecule has 0 aliphatic carbocycles. The van der Waals surface area contributed by atoms with Crippen LogP contribution in [0.1, 0.15) is 265 Å². The number of carbonyl (C=O) groups is 2. The third-order valence-corrected chi connectivity index (χ3v) is 25.6. The van der Waals surface area contributed by atoms with Crippen molar-refractivity contribution in [2.24, 2.45) is 0 Å². The van der Waals surface area contributed by atoms with Crippen LogP contribution < -0.4 is 9.47 Å². The van der Waals surface area contributed by atoms with E-state index in [1.807, 2.05) is 152 Å². The molecule has 0 saturated heterocycles. The van der Waals surface area contributed by atoms with E-state index in [9.17, 15) is 40.2 Å². The fourth-order valence-corrected chi connectivity index (χ4v) is 17.8. The lowest BCUT2D eigenvalue weighted by Gasteiger charge is -2.28. The summed E-state index contributed by atoms with van der Waals surface area (Å²) < 4.78 is 23.1. The number of carbonyl (C=O) groups excluding carboxylic acids is 2. The Morgan fingerprint density at radius 2 is 0.471 bits per heavy atom. The fraction of sp³-hybridized carbons (Fsp3) is 0.346. The predicted molar refractivity (Wildman–Crippen MR) is 485 cm³/mol. The van der Waals surface area contributed by atoms with Crippen LogP contribution in [0.25, 0.3) is 21.5 Å². The van der Waals surface area contributed by atoms with Gasteiger partial charge in [0, 0.05) is 23.7 Å². The minimum atomic E-state index is -0.739. The summed E-state index contributed by atoms with van der Waals surface area (Å²) in [6, 6.07) is 43.7. The molecule has 622 valence electrons. The van der Waals surface area contributed by atoms with Gasteiger partial charge in [-0.05, 0) is 430 Å². The zero-order valence-electron chi connectivity index (χ0n) is 75.7. The molecule has 119 heavy (non-hydrogen) atoms. The van der Waals surface area contributed by atoms with E-state index in [0.717, 1.165) is 222 Å². The van der Waals surface area contributed by atoms with Gasteiger partial charge in [0.2, 0.25) is 0 Å². The summed E-state index contributed by atoms with van der Waals surface area (Å²) in [5.41, 5.74) is 33.8. The van der Waals surface area contributed by atoms with Crippen molar-refractivity contribution >= 4 is 33.7 Å².